The molecule has 2 heterocycles. The van der Waals surface area contributed by atoms with Crippen LogP contribution in [0, 0.1) is 11.7 Å². The summed E-state index contributed by atoms with van der Waals surface area (Å²) in [4.78, 5) is 27.3. The molecule has 0 spiro atoms. The van der Waals surface area contributed by atoms with Crippen LogP contribution in [0.15, 0.2) is 36.4 Å². The zero-order valence-electron chi connectivity index (χ0n) is 12.3. The van der Waals surface area contributed by atoms with Crippen LogP contribution in [0.25, 0.3) is 0 Å². The first kappa shape index (κ1) is 16.1. The Morgan fingerprint density at radius 2 is 1.91 bits per heavy atom. The molecular formula is C17H15ClFNO2S. The predicted octanol–water partition coefficient (Wildman–Crippen LogP) is 4.28. The van der Waals surface area contributed by atoms with Crippen molar-refractivity contribution in [3.63, 3.8) is 0 Å². The molecule has 0 N–H and O–H groups in total. The number of carbonyl (C=O) groups is 2. The Hall–Kier alpha value is -1.72. The molecule has 1 atom stereocenters. The monoisotopic (exact) mass is 351 g/mol. The highest BCUT2D eigenvalue weighted by Crippen LogP contribution is 2.26. The van der Waals surface area contributed by atoms with Gasteiger partial charge in [-0.1, -0.05) is 11.6 Å². The molecule has 3 nitrogen and oxygen atoms in total. The third kappa shape index (κ3) is 3.62. The summed E-state index contributed by atoms with van der Waals surface area (Å²) in [5.74, 6) is -0.726. The summed E-state index contributed by atoms with van der Waals surface area (Å²) in [5, 5.41) is 0. The molecule has 0 bridgehead atoms. The van der Waals surface area contributed by atoms with Crippen molar-refractivity contribution in [2.45, 2.75) is 12.8 Å². The molecule has 3 rings (SSSR count). The lowest BCUT2D eigenvalue weighted by atomic mass is 9.90. The number of ketones is 1. The second-order valence-electron chi connectivity index (χ2n) is 5.57. The van der Waals surface area contributed by atoms with Gasteiger partial charge in [-0.25, -0.2) is 4.39 Å². The van der Waals surface area contributed by atoms with Crippen LogP contribution in [-0.2, 0) is 0 Å². The van der Waals surface area contributed by atoms with Gasteiger partial charge >= 0.3 is 0 Å². The Bertz CT molecular complexity index is 728. The smallest absolute Gasteiger partial charge is 0.263 e. The highest BCUT2D eigenvalue weighted by atomic mass is 35.5. The van der Waals surface area contributed by atoms with Gasteiger partial charge < -0.3 is 4.90 Å². The number of nitrogens with zero attached hydrogens (tertiary/aromatic N) is 1. The topological polar surface area (TPSA) is 37.4 Å². The molecule has 1 aliphatic rings. The SMILES string of the molecule is O=C(c1ccc(F)cc1)[C@H]1CCCN(C(=O)c2ccc(Cl)s2)C1. The van der Waals surface area contributed by atoms with Gasteiger partial charge in [0, 0.05) is 24.6 Å². The van der Waals surface area contributed by atoms with Crippen molar-refractivity contribution in [1.29, 1.82) is 0 Å². The summed E-state index contributed by atoms with van der Waals surface area (Å²) in [5.41, 5.74) is 0.491. The molecule has 1 fully saturated rings. The van der Waals surface area contributed by atoms with Gasteiger partial charge in [-0.3, -0.25) is 9.59 Å². The molecule has 2 aromatic rings. The normalized spacial score (nSPS) is 18.0. The summed E-state index contributed by atoms with van der Waals surface area (Å²) < 4.78 is 13.5. The molecular weight excluding hydrogens is 337 g/mol. The summed E-state index contributed by atoms with van der Waals surface area (Å²) in [6, 6.07) is 8.97. The van der Waals surface area contributed by atoms with E-state index in [1.165, 1.54) is 35.6 Å². The average Bonchev–Trinajstić information content (AvgIpc) is 3.01. The standard InChI is InChI=1S/C17H15ClFNO2S/c18-15-8-7-14(23-15)17(22)20-9-1-2-12(10-20)16(21)11-3-5-13(19)6-4-11/h3-8,12H,1-2,9-10H2/t12-/m0/s1. The Balaban J connectivity index is 1.71. The van der Waals surface area contributed by atoms with E-state index in [0.29, 0.717) is 27.9 Å². The number of rotatable bonds is 3. The first-order valence-corrected chi connectivity index (χ1v) is 8.58. The van der Waals surface area contributed by atoms with Crippen LogP contribution in [0.5, 0.6) is 0 Å². The highest BCUT2D eigenvalue weighted by molar-refractivity contribution is 7.17. The molecule has 0 saturated carbocycles. The quantitative estimate of drug-likeness (QED) is 0.774. The van der Waals surface area contributed by atoms with E-state index < -0.39 is 0 Å². The maximum Gasteiger partial charge on any atom is 0.263 e. The molecule has 6 heteroatoms. The third-order valence-electron chi connectivity index (χ3n) is 3.99. The maximum atomic E-state index is 13.0. The average molecular weight is 352 g/mol. The Morgan fingerprint density at radius 1 is 1.17 bits per heavy atom. The zero-order valence-corrected chi connectivity index (χ0v) is 13.9. The van der Waals surface area contributed by atoms with Crippen LogP contribution in [0.4, 0.5) is 4.39 Å². The Labute approximate surface area is 142 Å². The van der Waals surface area contributed by atoms with Crippen LogP contribution >= 0.6 is 22.9 Å². The van der Waals surface area contributed by atoms with E-state index in [0.717, 1.165) is 12.8 Å². The van der Waals surface area contributed by atoms with Crippen molar-refractivity contribution < 1.29 is 14.0 Å². The number of hydrogen-bond acceptors (Lipinski definition) is 3. The zero-order chi connectivity index (χ0) is 16.4. The van der Waals surface area contributed by atoms with Gasteiger partial charge in [0.05, 0.1) is 9.21 Å². The van der Waals surface area contributed by atoms with Crippen molar-refractivity contribution in [3.05, 3.63) is 57.0 Å². The fourth-order valence-electron chi connectivity index (χ4n) is 2.81. The van der Waals surface area contributed by atoms with Crippen molar-refractivity contribution in [3.8, 4) is 0 Å². The minimum absolute atomic E-state index is 0.0355. The number of amides is 1. The van der Waals surface area contributed by atoms with Crippen molar-refractivity contribution in [2.24, 2.45) is 5.92 Å². The van der Waals surface area contributed by atoms with E-state index in [9.17, 15) is 14.0 Å². The summed E-state index contributed by atoms with van der Waals surface area (Å²) in [6.07, 6.45) is 1.52. The fraction of sp³-hybridized carbons (Fsp3) is 0.294. The lowest BCUT2D eigenvalue weighted by Crippen LogP contribution is -2.42. The Morgan fingerprint density at radius 3 is 2.57 bits per heavy atom. The molecule has 0 unspecified atom stereocenters. The van der Waals surface area contributed by atoms with Gasteiger partial charge in [-0.2, -0.15) is 0 Å². The number of thiophene rings is 1. The van der Waals surface area contributed by atoms with Crippen LogP contribution < -0.4 is 0 Å². The molecule has 0 aliphatic carbocycles. The fourth-order valence-corrected chi connectivity index (χ4v) is 3.82. The van der Waals surface area contributed by atoms with E-state index in [2.05, 4.69) is 0 Å². The number of hydrogen-bond donors (Lipinski definition) is 0. The number of Topliss-reactive ketones (excluding diaryl/α,β-unsaturated/α-hetero) is 1. The van der Waals surface area contributed by atoms with E-state index in [1.807, 2.05) is 0 Å². The molecule has 1 aliphatic heterocycles. The first-order chi connectivity index (χ1) is 11.0. The van der Waals surface area contributed by atoms with Crippen LogP contribution in [-0.4, -0.2) is 29.7 Å². The first-order valence-electron chi connectivity index (χ1n) is 7.39. The van der Waals surface area contributed by atoms with Crippen LogP contribution in [0.3, 0.4) is 0 Å². The molecule has 1 saturated heterocycles. The van der Waals surface area contributed by atoms with Gasteiger partial charge in [-0.15, -0.1) is 11.3 Å². The summed E-state index contributed by atoms with van der Waals surface area (Å²) in [7, 11) is 0. The Kier molecular flexibility index (Phi) is 4.78. The largest absolute Gasteiger partial charge is 0.337 e. The highest BCUT2D eigenvalue weighted by Gasteiger charge is 2.30. The van der Waals surface area contributed by atoms with E-state index >= 15 is 0 Å². The van der Waals surface area contributed by atoms with Crippen molar-refractivity contribution >= 4 is 34.6 Å². The van der Waals surface area contributed by atoms with Crippen molar-refractivity contribution in [2.75, 3.05) is 13.1 Å². The lowest BCUT2D eigenvalue weighted by Gasteiger charge is -2.31. The maximum absolute atomic E-state index is 13.0. The number of likely N-dealkylation sites (tertiary alicyclic amines) is 1. The van der Waals surface area contributed by atoms with E-state index in [-0.39, 0.29) is 23.4 Å². The van der Waals surface area contributed by atoms with Gasteiger partial charge in [0.25, 0.3) is 5.91 Å². The van der Waals surface area contributed by atoms with Gasteiger partial charge in [0.1, 0.15) is 5.82 Å². The van der Waals surface area contributed by atoms with Gasteiger partial charge in [0.15, 0.2) is 5.78 Å². The molecule has 1 aromatic heterocycles. The minimum atomic E-state index is -0.364. The second-order valence-corrected chi connectivity index (χ2v) is 7.28. The number of benzene rings is 1. The molecule has 120 valence electrons. The number of piperidine rings is 1. The summed E-state index contributed by atoms with van der Waals surface area (Å²) >= 11 is 7.12. The third-order valence-corrected chi connectivity index (χ3v) is 5.21. The molecule has 0 radical (unpaired) electrons. The van der Waals surface area contributed by atoms with Gasteiger partial charge in [-0.05, 0) is 49.2 Å². The molecule has 1 aromatic carbocycles. The minimum Gasteiger partial charge on any atom is -0.337 e. The second kappa shape index (κ2) is 6.81. The van der Waals surface area contributed by atoms with Crippen LogP contribution in [0.1, 0.15) is 32.9 Å². The molecule has 23 heavy (non-hydrogen) atoms. The predicted molar refractivity (Wildman–Crippen MR) is 88.7 cm³/mol. The molecule has 1 amide bonds. The summed E-state index contributed by atoms with van der Waals surface area (Å²) in [6.45, 7) is 1.03. The lowest BCUT2D eigenvalue weighted by molar-refractivity contribution is 0.0641. The number of carbonyl (C=O) groups excluding carboxylic acids is 2. The number of halogens is 2. The van der Waals surface area contributed by atoms with E-state index in [1.54, 1.807) is 17.0 Å². The van der Waals surface area contributed by atoms with Gasteiger partial charge in [0.2, 0.25) is 0 Å². The van der Waals surface area contributed by atoms with Crippen LogP contribution in [0.2, 0.25) is 4.34 Å². The van der Waals surface area contributed by atoms with Crippen molar-refractivity contribution in [1.82, 2.24) is 4.90 Å². The van der Waals surface area contributed by atoms with E-state index in [4.69, 9.17) is 11.6 Å².